The van der Waals surface area contributed by atoms with Crippen molar-refractivity contribution in [3.63, 3.8) is 0 Å². The highest BCUT2D eigenvalue weighted by Gasteiger charge is 2.26. The molecule has 146 valence electrons. The molecule has 4 rings (SSSR count). The number of H-pyrrole nitrogens is 1. The number of carbonyl (C=O) groups excluding carboxylic acids is 1. The van der Waals surface area contributed by atoms with Gasteiger partial charge in [0.25, 0.3) is 5.91 Å². The van der Waals surface area contributed by atoms with Crippen molar-refractivity contribution in [3.8, 4) is 10.9 Å². The maximum atomic E-state index is 12.7. The van der Waals surface area contributed by atoms with Crippen LogP contribution in [0.3, 0.4) is 0 Å². The molecule has 0 bridgehead atoms. The van der Waals surface area contributed by atoms with Crippen molar-refractivity contribution in [3.05, 3.63) is 57.7 Å². The Bertz CT molecular complexity index is 986. The Kier molecular flexibility index (Phi) is 5.25. The molecule has 0 unspecified atom stereocenters. The highest BCUT2D eigenvalue weighted by molar-refractivity contribution is 7.12. The van der Waals surface area contributed by atoms with Crippen LogP contribution in [0.25, 0.3) is 5.00 Å². The SMILES string of the molecule is COc1ccc(C(=O)N2CCC(Cc3n[nH]c(=O)n3-c3cccs3)CC2)cn1. The van der Waals surface area contributed by atoms with Crippen LogP contribution in [0.15, 0.2) is 40.6 Å². The third-order valence-electron chi connectivity index (χ3n) is 5.03. The van der Waals surface area contributed by atoms with Gasteiger partial charge < -0.3 is 9.64 Å². The zero-order valence-electron chi connectivity index (χ0n) is 15.5. The molecular formula is C19H21N5O3S. The summed E-state index contributed by atoms with van der Waals surface area (Å²) in [4.78, 5) is 30.7. The highest BCUT2D eigenvalue weighted by atomic mass is 32.1. The van der Waals surface area contributed by atoms with Crippen molar-refractivity contribution in [2.24, 2.45) is 5.92 Å². The number of nitrogens with zero attached hydrogens (tertiary/aromatic N) is 4. The number of pyridine rings is 1. The van der Waals surface area contributed by atoms with E-state index in [1.54, 1.807) is 30.0 Å². The zero-order chi connectivity index (χ0) is 19.5. The molecule has 0 radical (unpaired) electrons. The molecule has 28 heavy (non-hydrogen) atoms. The number of piperidine rings is 1. The Morgan fingerprint density at radius 2 is 2.14 bits per heavy atom. The third-order valence-corrected chi connectivity index (χ3v) is 5.89. The lowest BCUT2D eigenvalue weighted by atomic mass is 9.93. The summed E-state index contributed by atoms with van der Waals surface area (Å²) in [5.41, 5.74) is 0.357. The van der Waals surface area contributed by atoms with E-state index in [0.717, 1.165) is 23.7 Å². The lowest BCUT2D eigenvalue weighted by molar-refractivity contribution is 0.0689. The van der Waals surface area contributed by atoms with Gasteiger partial charge in [-0.2, -0.15) is 5.10 Å². The van der Waals surface area contributed by atoms with E-state index in [-0.39, 0.29) is 11.6 Å². The lowest BCUT2D eigenvalue weighted by Gasteiger charge is -2.31. The molecule has 1 saturated heterocycles. The Morgan fingerprint density at radius 1 is 1.32 bits per heavy atom. The summed E-state index contributed by atoms with van der Waals surface area (Å²) >= 11 is 1.51. The molecular weight excluding hydrogens is 378 g/mol. The van der Waals surface area contributed by atoms with Gasteiger partial charge in [0, 0.05) is 31.8 Å². The van der Waals surface area contributed by atoms with Crippen molar-refractivity contribution in [1.29, 1.82) is 0 Å². The number of thiophene rings is 1. The maximum Gasteiger partial charge on any atom is 0.348 e. The van der Waals surface area contributed by atoms with E-state index < -0.39 is 0 Å². The largest absolute Gasteiger partial charge is 0.481 e. The number of rotatable bonds is 5. The molecule has 9 heteroatoms. The number of amides is 1. The van der Waals surface area contributed by atoms with E-state index in [2.05, 4.69) is 15.2 Å². The quantitative estimate of drug-likeness (QED) is 0.709. The van der Waals surface area contributed by atoms with Crippen LogP contribution in [-0.4, -0.2) is 50.8 Å². The minimum atomic E-state index is -0.211. The normalized spacial score (nSPS) is 15.0. The average Bonchev–Trinajstić information content (AvgIpc) is 3.38. The average molecular weight is 399 g/mol. The van der Waals surface area contributed by atoms with Crippen LogP contribution in [-0.2, 0) is 6.42 Å². The van der Waals surface area contributed by atoms with Crippen molar-refractivity contribution < 1.29 is 9.53 Å². The first-order valence-corrected chi connectivity index (χ1v) is 10.0. The lowest BCUT2D eigenvalue weighted by Crippen LogP contribution is -2.39. The molecule has 0 atom stereocenters. The fourth-order valence-corrected chi connectivity index (χ4v) is 4.25. The van der Waals surface area contributed by atoms with Crippen LogP contribution < -0.4 is 10.4 Å². The number of hydrogen-bond acceptors (Lipinski definition) is 6. The molecule has 0 aromatic carbocycles. The second-order valence-electron chi connectivity index (χ2n) is 6.76. The topological polar surface area (TPSA) is 93.1 Å². The molecule has 4 heterocycles. The van der Waals surface area contributed by atoms with Crippen molar-refractivity contribution in [2.45, 2.75) is 19.3 Å². The van der Waals surface area contributed by atoms with Gasteiger partial charge in [-0.25, -0.2) is 19.4 Å². The number of aromatic amines is 1. The second kappa shape index (κ2) is 7.97. The molecule has 0 spiro atoms. The first kappa shape index (κ1) is 18.4. The molecule has 3 aromatic rings. The van der Waals surface area contributed by atoms with Gasteiger partial charge >= 0.3 is 5.69 Å². The van der Waals surface area contributed by atoms with Crippen molar-refractivity contribution in [2.75, 3.05) is 20.2 Å². The molecule has 3 aromatic heterocycles. The predicted octanol–water partition coefficient (Wildman–Crippen LogP) is 2.12. The zero-order valence-corrected chi connectivity index (χ0v) is 16.3. The molecule has 0 aliphatic carbocycles. The minimum Gasteiger partial charge on any atom is -0.481 e. The number of aromatic nitrogens is 4. The standard InChI is InChI=1S/C19H21N5O3S/c1-27-16-5-4-14(12-20-16)18(25)23-8-6-13(7-9-23)11-15-21-22-19(26)24(15)17-3-2-10-28-17/h2-5,10,12-13H,6-9,11H2,1H3,(H,22,26). The van der Waals surface area contributed by atoms with Crippen LogP contribution >= 0.6 is 11.3 Å². The smallest absolute Gasteiger partial charge is 0.348 e. The van der Waals surface area contributed by atoms with E-state index in [4.69, 9.17) is 4.74 Å². The number of nitrogens with one attached hydrogen (secondary N) is 1. The van der Waals surface area contributed by atoms with Gasteiger partial charge in [0.2, 0.25) is 5.88 Å². The fourth-order valence-electron chi connectivity index (χ4n) is 3.50. The fraction of sp³-hybridized carbons (Fsp3) is 0.368. The first-order chi connectivity index (χ1) is 13.7. The maximum absolute atomic E-state index is 12.7. The number of likely N-dealkylation sites (tertiary alicyclic amines) is 1. The summed E-state index contributed by atoms with van der Waals surface area (Å²) < 4.78 is 6.68. The Hall–Kier alpha value is -2.94. The summed E-state index contributed by atoms with van der Waals surface area (Å²) in [5, 5.41) is 9.58. The van der Waals surface area contributed by atoms with Crippen molar-refractivity contribution in [1.82, 2.24) is 24.6 Å². The number of hydrogen-bond donors (Lipinski definition) is 1. The summed E-state index contributed by atoms with van der Waals surface area (Å²) in [6.07, 6.45) is 4.01. The Morgan fingerprint density at radius 3 is 2.79 bits per heavy atom. The van der Waals surface area contributed by atoms with Crippen LogP contribution in [0.1, 0.15) is 29.0 Å². The van der Waals surface area contributed by atoms with E-state index >= 15 is 0 Å². The van der Waals surface area contributed by atoms with Gasteiger partial charge in [-0.1, -0.05) is 0 Å². The summed E-state index contributed by atoms with van der Waals surface area (Å²) in [6, 6.07) is 7.27. The van der Waals surface area contributed by atoms with Crippen LogP contribution in [0.4, 0.5) is 0 Å². The first-order valence-electron chi connectivity index (χ1n) is 9.15. The van der Waals surface area contributed by atoms with Gasteiger partial charge in [-0.15, -0.1) is 11.3 Å². The molecule has 1 N–H and O–H groups in total. The number of ether oxygens (including phenoxy) is 1. The molecule has 0 saturated carbocycles. The molecule has 1 amide bonds. The molecule has 1 aliphatic heterocycles. The van der Waals surface area contributed by atoms with Gasteiger partial charge in [0.15, 0.2) is 0 Å². The van der Waals surface area contributed by atoms with Gasteiger partial charge in [-0.05, 0) is 42.3 Å². The Labute approximate surface area is 165 Å². The van der Waals surface area contributed by atoms with E-state index in [0.29, 0.717) is 36.9 Å². The van der Waals surface area contributed by atoms with Crippen LogP contribution in [0.5, 0.6) is 5.88 Å². The van der Waals surface area contributed by atoms with E-state index in [1.807, 2.05) is 22.4 Å². The van der Waals surface area contributed by atoms with Crippen molar-refractivity contribution >= 4 is 17.2 Å². The number of methoxy groups -OCH3 is 1. The van der Waals surface area contributed by atoms with Crippen LogP contribution in [0, 0.1) is 5.92 Å². The van der Waals surface area contributed by atoms with Gasteiger partial charge in [-0.3, -0.25) is 4.79 Å². The highest BCUT2D eigenvalue weighted by Crippen LogP contribution is 2.24. The number of carbonyl (C=O) groups is 1. The molecule has 8 nitrogen and oxygen atoms in total. The third kappa shape index (κ3) is 3.70. The summed E-state index contributed by atoms with van der Waals surface area (Å²) in [6.45, 7) is 1.37. The Balaban J connectivity index is 1.38. The van der Waals surface area contributed by atoms with Gasteiger partial charge in [0.1, 0.15) is 10.8 Å². The summed E-state index contributed by atoms with van der Waals surface area (Å²) in [5.74, 6) is 1.61. The van der Waals surface area contributed by atoms with E-state index in [9.17, 15) is 9.59 Å². The van der Waals surface area contributed by atoms with E-state index in [1.165, 1.54) is 11.3 Å². The monoisotopic (exact) mass is 399 g/mol. The summed E-state index contributed by atoms with van der Waals surface area (Å²) in [7, 11) is 1.55. The van der Waals surface area contributed by atoms with Gasteiger partial charge in [0.05, 0.1) is 12.7 Å². The predicted molar refractivity (Wildman–Crippen MR) is 105 cm³/mol. The minimum absolute atomic E-state index is 0.0103. The second-order valence-corrected chi connectivity index (χ2v) is 7.69. The molecule has 1 aliphatic rings. The van der Waals surface area contributed by atoms with Crippen LogP contribution in [0.2, 0.25) is 0 Å². The molecule has 1 fully saturated rings.